The van der Waals surface area contributed by atoms with Crippen molar-refractivity contribution >= 4 is 11.9 Å². The van der Waals surface area contributed by atoms with Gasteiger partial charge in [0.25, 0.3) is 0 Å². The van der Waals surface area contributed by atoms with Crippen molar-refractivity contribution in [3.8, 4) is 5.88 Å². The van der Waals surface area contributed by atoms with Gasteiger partial charge in [0.2, 0.25) is 5.88 Å². The van der Waals surface area contributed by atoms with Crippen molar-refractivity contribution in [1.82, 2.24) is 9.71 Å². The molecule has 0 atom stereocenters. The summed E-state index contributed by atoms with van der Waals surface area (Å²) < 4.78 is 14.9. The number of hydrogen-bond acceptors (Lipinski definition) is 7. The normalized spacial score (nSPS) is 20.9. The second kappa shape index (κ2) is 6.12. The number of ether oxygens (including phenoxy) is 2. The molecule has 0 aliphatic carbocycles. The van der Waals surface area contributed by atoms with Gasteiger partial charge < -0.3 is 9.47 Å². The fourth-order valence-corrected chi connectivity index (χ4v) is 2.86. The van der Waals surface area contributed by atoms with E-state index in [-0.39, 0.29) is 5.60 Å². The minimum Gasteiger partial charge on any atom is -0.469 e. The van der Waals surface area contributed by atoms with Crippen molar-refractivity contribution in [2.24, 2.45) is 0 Å². The number of hydrogen-bond donors (Lipinski definition) is 1. The molecule has 1 aromatic rings. The number of fused-ring (bicyclic) bond motifs is 1. The number of pyridine rings is 1. The molecule has 1 fully saturated rings. The van der Waals surface area contributed by atoms with Gasteiger partial charge in [0.1, 0.15) is 5.60 Å². The van der Waals surface area contributed by atoms with Crippen LogP contribution in [0.2, 0.25) is 0 Å². The molecule has 1 saturated heterocycles. The number of aromatic nitrogens is 1. The molecule has 6 nitrogen and oxygen atoms in total. The molecule has 0 amide bonds. The summed E-state index contributed by atoms with van der Waals surface area (Å²) in [5, 5.41) is 0. The minimum absolute atomic E-state index is 0.134. The van der Waals surface area contributed by atoms with Crippen LogP contribution < -0.4 is 9.46 Å². The summed E-state index contributed by atoms with van der Waals surface area (Å²) in [7, 11) is 0. The summed E-state index contributed by atoms with van der Waals surface area (Å²) in [4.78, 5) is 19.4. The molecule has 3 rings (SSSR count). The highest BCUT2D eigenvalue weighted by atomic mass is 32.2. The van der Waals surface area contributed by atoms with Crippen LogP contribution in [-0.2, 0) is 4.74 Å². The summed E-state index contributed by atoms with van der Waals surface area (Å²) in [6.45, 7) is 2.39. The van der Waals surface area contributed by atoms with Gasteiger partial charge in [-0.3, -0.25) is 4.72 Å². The van der Waals surface area contributed by atoms with Crippen LogP contribution >= 0.6 is 11.9 Å². The molecule has 0 unspecified atom stereocenters. The van der Waals surface area contributed by atoms with E-state index in [1.165, 1.54) is 0 Å². The molecule has 2 aliphatic heterocycles. The van der Waals surface area contributed by atoms with Crippen molar-refractivity contribution in [2.75, 3.05) is 19.8 Å². The second-order valence-corrected chi connectivity index (χ2v) is 5.06. The van der Waals surface area contributed by atoms with Crippen LogP contribution in [0.3, 0.4) is 0 Å². The van der Waals surface area contributed by atoms with Gasteiger partial charge in [-0.25, -0.2) is 4.98 Å². The fraction of sp³-hybridized carbons (Fsp3) is 0.545. The zero-order chi connectivity index (χ0) is 12.8. The summed E-state index contributed by atoms with van der Waals surface area (Å²) >= 11 is 1.60. The molecule has 0 aromatic carbocycles. The average Bonchev–Trinajstić information content (AvgIpc) is 2.61. The van der Waals surface area contributed by atoms with E-state index >= 15 is 0 Å². The van der Waals surface area contributed by atoms with Gasteiger partial charge in [-0.1, -0.05) is 0 Å². The molecule has 1 aromatic heterocycles. The quantitative estimate of drug-likeness (QED) is 0.719. The van der Waals surface area contributed by atoms with E-state index in [1.807, 2.05) is 12.1 Å². The molecule has 7 heteroatoms. The van der Waals surface area contributed by atoms with Gasteiger partial charge in [0.05, 0.1) is 18.1 Å². The lowest BCUT2D eigenvalue weighted by molar-refractivity contribution is -0.0442. The number of rotatable bonds is 0. The maximum atomic E-state index is 7.00. The molecule has 1 N–H and O–H groups in total. The van der Waals surface area contributed by atoms with E-state index < -0.39 is 0 Å². The van der Waals surface area contributed by atoms with Gasteiger partial charge in [0, 0.05) is 35.5 Å². The third kappa shape index (κ3) is 2.80. The molecule has 98 valence electrons. The Bertz CT molecular complexity index is 398. The van der Waals surface area contributed by atoms with Crippen LogP contribution in [0, 0.1) is 9.93 Å². The maximum Gasteiger partial charge on any atom is 0.229 e. The molecular weight excluding hydrogens is 256 g/mol. The second-order valence-electron chi connectivity index (χ2n) is 4.13. The minimum atomic E-state index is -0.134. The largest absolute Gasteiger partial charge is 0.469 e. The Kier molecular flexibility index (Phi) is 4.51. The van der Waals surface area contributed by atoms with Gasteiger partial charge >= 0.3 is 0 Å². The van der Waals surface area contributed by atoms with Crippen LogP contribution in [0.15, 0.2) is 23.2 Å². The molecule has 0 bridgehead atoms. The highest BCUT2D eigenvalue weighted by Crippen LogP contribution is 2.35. The van der Waals surface area contributed by atoms with Crippen molar-refractivity contribution < 1.29 is 9.47 Å². The van der Waals surface area contributed by atoms with Crippen molar-refractivity contribution in [3.63, 3.8) is 0 Å². The lowest BCUT2D eigenvalue weighted by Gasteiger charge is -2.35. The Labute approximate surface area is 109 Å². The Morgan fingerprint density at radius 3 is 2.89 bits per heavy atom. The van der Waals surface area contributed by atoms with Crippen LogP contribution in [0.5, 0.6) is 5.88 Å². The topological polar surface area (TPSA) is 77.5 Å². The highest BCUT2D eigenvalue weighted by Gasteiger charge is 2.37. The molecule has 2 aliphatic rings. The van der Waals surface area contributed by atoms with E-state index in [9.17, 15) is 0 Å². The van der Waals surface area contributed by atoms with E-state index in [1.54, 1.807) is 18.1 Å². The highest BCUT2D eigenvalue weighted by molar-refractivity contribution is 7.97. The van der Waals surface area contributed by atoms with Crippen molar-refractivity contribution in [2.45, 2.75) is 23.3 Å². The average molecular weight is 270 g/mol. The predicted octanol–water partition coefficient (Wildman–Crippen LogP) is 1.69. The van der Waals surface area contributed by atoms with Gasteiger partial charge in [-0.15, -0.1) is 0 Å². The molecular formula is C11H14N2O4S. The smallest absolute Gasteiger partial charge is 0.229 e. The van der Waals surface area contributed by atoms with Crippen LogP contribution in [0.25, 0.3) is 0 Å². The van der Waals surface area contributed by atoms with Crippen molar-refractivity contribution in [3.05, 3.63) is 28.3 Å². The lowest BCUT2D eigenvalue weighted by atomic mass is 9.94. The summed E-state index contributed by atoms with van der Waals surface area (Å²) in [6, 6.07) is 3.96. The van der Waals surface area contributed by atoms with Gasteiger partial charge in [-0.05, 0) is 24.1 Å². The Morgan fingerprint density at radius 1 is 1.33 bits per heavy atom. The van der Waals surface area contributed by atoms with E-state index in [0.717, 1.165) is 43.4 Å². The van der Waals surface area contributed by atoms with Gasteiger partial charge in [0.15, 0.2) is 0 Å². The lowest BCUT2D eigenvalue weighted by Crippen LogP contribution is -2.47. The molecule has 1 spiro atoms. The monoisotopic (exact) mass is 270 g/mol. The summed E-state index contributed by atoms with van der Waals surface area (Å²) in [6.07, 6.45) is 3.63. The molecule has 0 saturated carbocycles. The van der Waals surface area contributed by atoms with Crippen LogP contribution in [0.4, 0.5) is 0 Å². The predicted molar refractivity (Wildman–Crippen MR) is 68.2 cm³/mol. The first-order valence-electron chi connectivity index (χ1n) is 5.66. The summed E-state index contributed by atoms with van der Waals surface area (Å²) in [5.74, 6) is 0.749. The fourth-order valence-electron chi connectivity index (χ4n) is 2.04. The maximum absolute atomic E-state index is 7.00. The number of nitrogens with zero attached hydrogens (tertiary/aromatic N) is 1. The van der Waals surface area contributed by atoms with E-state index in [4.69, 9.17) is 19.4 Å². The Balaban J connectivity index is 0.000000574. The first-order chi connectivity index (χ1) is 8.88. The molecule has 18 heavy (non-hydrogen) atoms. The first kappa shape index (κ1) is 13.3. The van der Waals surface area contributed by atoms with E-state index in [2.05, 4.69) is 9.71 Å². The van der Waals surface area contributed by atoms with E-state index in [0.29, 0.717) is 0 Å². The zero-order valence-corrected chi connectivity index (χ0v) is 10.6. The Morgan fingerprint density at radius 2 is 2.11 bits per heavy atom. The standard InChI is InChI=1S/C11H14N2O2S.O2/c1-2-9-10(12-5-1)15-11(8-13-16-9)3-6-14-7-4-11;1-2/h1-2,5,13H,3-4,6-8H2;. The summed E-state index contributed by atoms with van der Waals surface area (Å²) in [5.41, 5.74) is -0.134. The van der Waals surface area contributed by atoms with Crippen LogP contribution in [0.1, 0.15) is 12.8 Å². The van der Waals surface area contributed by atoms with Crippen molar-refractivity contribution in [1.29, 1.82) is 0 Å². The first-order valence-corrected chi connectivity index (χ1v) is 6.48. The SMILES string of the molecule is O=O.c1cnc2c(c1)SNCC1(CCOCC1)O2. The third-order valence-electron chi connectivity index (χ3n) is 3.03. The van der Waals surface area contributed by atoms with Crippen LogP contribution in [-0.4, -0.2) is 30.3 Å². The molecule has 3 heterocycles. The Hall–Kier alpha value is -1.18. The molecule has 0 radical (unpaired) electrons. The third-order valence-corrected chi connectivity index (χ3v) is 3.85. The van der Waals surface area contributed by atoms with Gasteiger partial charge in [-0.2, -0.15) is 0 Å². The zero-order valence-electron chi connectivity index (χ0n) is 9.76. The number of nitrogens with one attached hydrogen (secondary N) is 1.